The van der Waals surface area contributed by atoms with Crippen LogP contribution < -0.4 is 4.90 Å². The number of likely N-dealkylation sites (N-methyl/N-ethyl adjacent to an activating group) is 1. The van der Waals surface area contributed by atoms with E-state index in [9.17, 15) is 9.18 Å². The molecule has 2 aromatic rings. The smallest absolute Gasteiger partial charge is 0.237 e. The molecule has 2 aliphatic rings. The Bertz CT molecular complexity index is 873. The third-order valence-electron chi connectivity index (χ3n) is 6.22. The van der Waals surface area contributed by atoms with Gasteiger partial charge in [-0.15, -0.1) is 0 Å². The average molecular weight is 384 g/mol. The highest BCUT2D eigenvalue weighted by molar-refractivity contribution is 5.92. The fraction of sp³-hybridized carbons (Fsp3) is 0.545. The van der Waals surface area contributed by atoms with Gasteiger partial charge in [-0.3, -0.25) is 14.7 Å². The standard InChI is InChI=1S/C22H29FN4O/c1-15-9-19-20(24-11-15)5-4-6-21(19)25(3)18-7-8-26(13-18)14-22(28)27-12-17(23)10-16(27)2/h4-6,9,11,16-18H,7-8,10,12-14H2,1-3H3/t16-,17+,18+/m1/s1. The molecule has 2 fully saturated rings. The predicted octanol–water partition coefficient (Wildman–Crippen LogP) is 3.01. The molecular weight excluding hydrogens is 355 g/mol. The van der Waals surface area contributed by atoms with Gasteiger partial charge in [-0.25, -0.2) is 4.39 Å². The first kappa shape index (κ1) is 19.1. The lowest BCUT2D eigenvalue weighted by Gasteiger charge is -2.29. The van der Waals surface area contributed by atoms with Crippen LogP contribution in [0, 0.1) is 6.92 Å². The number of pyridine rings is 1. The second-order valence-corrected chi connectivity index (χ2v) is 8.37. The highest BCUT2D eigenvalue weighted by atomic mass is 19.1. The van der Waals surface area contributed by atoms with Gasteiger partial charge in [0.2, 0.25) is 5.91 Å². The molecule has 150 valence electrons. The SMILES string of the molecule is Cc1cnc2cccc(N(C)[C@H]3CCN(CC(=O)N4C[C@@H](F)C[C@H]4C)C3)c2c1. The number of carbonyl (C=O) groups is 1. The summed E-state index contributed by atoms with van der Waals surface area (Å²) in [4.78, 5) is 23.4. The van der Waals surface area contributed by atoms with Gasteiger partial charge in [-0.05, 0) is 44.0 Å². The summed E-state index contributed by atoms with van der Waals surface area (Å²) in [5.41, 5.74) is 3.34. The third kappa shape index (κ3) is 3.70. The van der Waals surface area contributed by atoms with Crippen LogP contribution >= 0.6 is 0 Å². The average Bonchev–Trinajstić information content (AvgIpc) is 3.26. The summed E-state index contributed by atoms with van der Waals surface area (Å²) in [7, 11) is 2.13. The summed E-state index contributed by atoms with van der Waals surface area (Å²) >= 11 is 0. The molecule has 1 aromatic heterocycles. The second kappa shape index (κ2) is 7.66. The number of nitrogens with zero attached hydrogens (tertiary/aromatic N) is 4. The predicted molar refractivity (Wildman–Crippen MR) is 110 cm³/mol. The van der Waals surface area contributed by atoms with E-state index in [1.54, 1.807) is 4.90 Å². The summed E-state index contributed by atoms with van der Waals surface area (Å²) in [6.07, 6.45) is 2.50. The molecule has 1 aromatic carbocycles. The molecule has 0 radical (unpaired) electrons. The van der Waals surface area contributed by atoms with Crippen LogP contribution in [0.2, 0.25) is 0 Å². The molecule has 6 heteroatoms. The van der Waals surface area contributed by atoms with Gasteiger partial charge >= 0.3 is 0 Å². The Kier molecular flexibility index (Phi) is 5.23. The van der Waals surface area contributed by atoms with Crippen molar-refractivity contribution in [1.29, 1.82) is 0 Å². The maximum absolute atomic E-state index is 13.6. The van der Waals surface area contributed by atoms with Crippen LogP contribution in [0.1, 0.15) is 25.3 Å². The minimum absolute atomic E-state index is 0.00926. The normalized spacial score (nSPS) is 25.6. The minimum Gasteiger partial charge on any atom is -0.370 e. The van der Waals surface area contributed by atoms with Gasteiger partial charge in [0.25, 0.3) is 0 Å². The van der Waals surface area contributed by atoms with Crippen molar-refractivity contribution in [3.8, 4) is 0 Å². The van der Waals surface area contributed by atoms with Crippen LogP contribution in [0.25, 0.3) is 10.9 Å². The number of alkyl halides is 1. The zero-order chi connectivity index (χ0) is 19.8. The van der Waals surface area contributed by atoms with Crippen LogP contribution in [0.15, 0.2) is 30.5 Å². The Morgan fingerprint density at radius 2 is 2.18 bits per heavy atom. The van der Waals surface area contributed by atoms with E-state index in [-0.39, 0.29) is 18.5 Å². The van der Waals surface area contributed by atoms with E-state index in [1.165, 1.54) is 11.1 Å². The zero-order valence-electron chi connectivity index (χ0n) is 16.9. The Hall–Kier alpha value is -2.21. The van der Waals surface area contributed by atoms with Gasteiger partial charge in [-0.2, -0.15) is 0 Å². The van der Waals surface area contributed by atoms with Crippen LogP contribution in [0.3, 0.4) is 0 Å². The van der Waals surface area contributed by atoms with E-state index < -0.39 is 6.17 Å². The minimum atomic E-state index is -0.875. The Labute approximate surface area is 166 Å². The zero-order valence-corrected chi connectivity index (χ0v) is 16.9. The molecule has 2 saturated heterocycles. The van der Waals surface area contributed by atoms with E-state index in [1.807, 2.05) is 19.2 Å². The van der Waals surface area contributed by atoms with Crippen molar-refractivity contribution in [1.82, 2.24) is 14.8 Å². The van der Waals surface area contributed by atoms with Crippen molar-refractivity contribution in [2.24, 2.45) is 0 Å². The van der Waals surface area contributed by atoms with Crippen molar-refractivity contribution < 1.29 is 9.18 Å². The molecule has 0 bridgehead atoms. The van der Waals surface area contributed by atoms with E-state index in [2.05, 4.69) is 47.0 Å². The quantitative estimate of drug-likeness (QED) is 0.812. The van der Waals surface area contributed by atoms with Gasteiger partial charge in [0.1, 0.15) is 6.17 Å². The Morgan fingerprint density at radius 3 is 2.93 bits per heavy atom. The second-order valence-electron chi connectivity index (χ2n) is 8.37. The monoisotopic (exact) mass is 384 g/mol. The van der Waals surface area contributed by atoms with Gasteiger partial charge in [0.05, 0.1) is 18.6 Å². The lowest BCUT2D eigenvalue weighted by Crippen LogP contribution is -2.42. The van der Waals surface area contributed by atoms with E-state index in [0.29, 0.717) is 19.0 Å². The number of aromatic nitrogens is 1. The molecule has 1 amide bonds. The first-order valence-corrected chi connectivity index (χ1v) is 10.2. The number of anilines is 1. The van der Waals surface area contributed by atoms with Gasteiger partial charge in [0, 0.05) is 55.9 Å². The van der Waals surface area contributed by atoms with Crippen LogP contribution in [-0.2, 0) is 4.79 Å². The Morgan fingerprint density at radius 1 is 1.36 bits per heavy atom. The van der Waals surface area contributed by atoms with Gasteiger partial charge in [-0.1, -0.05) is 6.07 Å². The molecule has 0 aliphatic carbocycles. The first-order valence-electron chi connectivity index (χ1n) is 10.2. The summed E-state index contributed by atoms with van der Waals surface area (Å²) in [6.45, 7) is 6.38. The molecular formula is C22H29FN4O. The molecule has 3 heterocycles. The number of hydrogen-bond acceptors (Lipinski definition) is 4. The summed E-state index contributed by atoms with van der Waals surface area (Å²) < 4.78 is 13.6. The molecule has 0 unspecified atom stereocenters. The number of hydrogen-bond donors (Lipinski definition) is 0. The van der Waals surface area contributed by atoms with Crippen molar-refractivity contribution in [2.45, 2.75) is 44.9 Å². The third-order valence-corrected chi connectivity index (χ3v) is 6.22. The highest BCUT2D eigenvalue weighted by Crippen LogP contribution is 2.29. The van der Waals surface area contributed by atoms with Crippen molar-refractivity contribution in [3.05, 3.63) is 36.0 Å². The number of carbonyl (C=O) groups excluding carboxylic acids is 1. The molecule has 5 nitrogen and oxygen atoms in total. The molecule has 2 aliphatic heterocycles. The van der Waals surface area contributed by atoms with Crippen LogP contribution in [0.5, 0.6) is 0 Å². The summed E-state index contributed by atoms with van der Waals surface area (Å²) in [6, 6.07) is 8.78. The number of halogens is 1. The molecule has 0 saturated carbocycles. The first-order chi connectivity index (χ1) is 13.4. The maximum atomic E-state index is 13.6. The Balaban J connectivity index is 1.43. The number of amides is 1. The highest BCUT2D eigenvalue weighted by Gasteiger charge is 2.34. The fourth-order valence-corrected chi connectivity index (χ4v) is 4.61. The molecule has 0 N–H and O–H groups in total. The van der Waals surface area contributed by atoms with Gasteiger partial charge in [0.15, 0.2) is 0 Å². The summed E-state index contributed by atoms with van der Waals surface area (Å²) in [5, 5.41) is 1.17. The maximum Gasteiger partial charge on any atom is 0.237 e. The molecule has 3 atom stereocenters. The number of rotatable bonds is 4. The van der Waals surface area contributed by atoms with Crippen molar-refractivity contribution in [2.75, 3.05) is 38.1 Å². The summed E-state index contributed by atoms with van der Waals surface area (Å²) in [5.74, 6) is 0.0564. The number of aryl methyl sites for hydroxylation is 1. The van der Waals surface area contributed by atoms with Crippen LogP contribution in [-0.4, -0.2) is 72.2 Å². The number of benzene rings is 1. The number of fused-ring (bicyclic) bond motifs is 1. The lowest BCUT2D eigenvalue weighted by molar-refractivity contribution is -0.132. The lowest BCUT2D eigenvalue weighted by atomic mass is 10.1. The largest absolute Gasteiger partial charge is 0.370 e. The fourth-order valence-electron chi connectivity index (χ4n) is 4.61. The van der Waals surface area contributed by atoms with Crippen molar-refractivity contribution in [3.63, 3.8) is 0 Å². The number of likely N-dealkylation sites (tertiary alicyclic amines) is 2. The van der Waals surface area contributed by atoms with E-state index >= 15 is 0 Å². The topological polar surface area (TPSA) is 39.7 Å². The van der Waals surface area contributed by atoms with Gasteiger partial charge < -0.3 is 9.80 Å². The molecule has 0 spiro atoms. The molecule has 28 heavy (non-hydrogen) atoms. The van der Waals surface area contributed by atoms with Crippen molar-refractivity contribution >= 4 is 22.5 Å². The van der Waals surface area contributed by atoms with Crippen LogP contribution in [0.4, 0.5) is 10.1 Å². The van der Waals surface area contributed by atoms with E-state index in [0.717, 1.165) is 30.6 Å². The van der Waals surface area contributed by atoms with E-state index in [4.69, 9.17) is 0 Å². The molecule has 4 rings (SSSR count).